The first-order valence-corrected chi connectivity index (χ1v) is 8.72. The lowest BCUT2D eigenvalue weighted by Crippen LogP contribution is -2.02. The third-order valence-electron chi connectivity index (χ3n) is 4.16. The first-order chi connectivity index (χ1) is 11.9. The summed E-state index contributed by atoms with van der Waals surface area (Å²) in [6.07, 6.45) is 3.11. The van der Waals surface area contributed by atoms with Gasteiger partial charge in [-0.25, -0.2) is 0 Å². The van der Waals surface area contributed by atoms with Crippen LogP contribution in [0.5, 0.6) is 5.75 Å². The summed E-state index contributed by atoms with van der Waals surface area (Å²) in [5, 5.41) is 0. The fourth-order valence-electron chi connectivity index (χ4n) is 2.87. The number of hydrogen-bond donors (Lipinski definition) is 0. The zero-order valence-corrected chi connectivity index (χ0v) is 14.2. The average Bonchev–Trinajstić information content (AvgIpc) is 2.64. The lowest BCUT2D eigenvalue weighted by atomic mass is 9.97. The Hall–Kier alpha value is -2.54. The molecular weight excluding hydrogens is 292 g/mol. The number of benzene rings is 3. The minimum atomic E-state index is 0.766. The SMILES string of the molecule is CCCCOc1c(Cc2ccccc2)cccc1-c1ccccc1. The van der Waals surface area contributed by atoms with E-state index in [4.69, 9.17) is 4.74 Å². The molecule has 3 aromatic rings. The fourth-order valence-corrected chi connectivity index (χ4v) is 2.87. The van der Waals surface area contributed by atoms with Crippen LogP contribution in [0.4, 0.5) is 0 Å². The van der Waals surface area contributed by atoms with Gasteiger partial charge in [-0.1, -0.05) is 92.2 Å². The summed E-state index contributed by atoms with van der Waals surface area (Å²) < 4.78 is 6.24. The van der Waals surface area contributed by atoms with Gasteiger partial charge in [0.2, 0.25) is 0 Å². The van der Waals surface area contributed by atoms with E-state index in [0.29, 0.717) is 0 Å². The largest absolute Gasteiger partial charge is 0.493 e. The molecule has 0 spiro atoms. The highest BCUT2D eigenvalue weighted by Crippen LogP contribution is 2.34. The van der Waals surface area contributed by atoms with Crippen molar-refractivity contribution >= 4 is 0 Å². The van der Waals surface area contributed by atoms with Gasteiger partial charge < -0.3 is 4.74 Å². The Morgan fingerprint density at radius 2 is 1.46 bits per heavy atom. The molecule has 0 bridgehead atoms. The van der Waals surface area contributed by atoms with Crippen molar-refractivity contribution < 1.29 is 4.74 Å². The van der Waals surface area contributed by atoms with Gasteiger partial charge in [0, 0.05) is 12.0 Å². The summed E-state index contributed by atoms with van der Waals surface area (Å²) >= 11 is 0. The summed E-state index contributed by atoms with van der Waals surface area (Å²) in [5.41, 5.74) is 4.95. The van der Waals surface area contributed by atoms with Crippen molar-refractivity contribution in [1.29, 1.82) is 0 Å². The molecule has 0 saturated carbocycles. The minimum absolute atomic E-state index is 0.766. The molecule has 122 valence electrons. The molecule has 0 amide bonds. The van der Waals surface area contributed by atoms with Gasteiger partial charge in [-0.3, -0.25) is 0 Å². The van der Waals surface area contributed by atoms with Gasteiger partial charge >= 0.3 is 0 Å². The lowest BCUT2D eigenvalue weighted by molar-refractivity contribution is 0.308. The molecule has 3 aromatic carbocycles. The Morgan fingerprint density at radius 3 is 2.17 bits per heavy atom. The minimum Gasteiger partial charge on any atom is -0.493 e. The summed E-state index contributed by atoms with van der Waals surface area (Å²) in [4.78, 5) is 0. The van der Waals surface area contributed by atoms with Crippen LogP contribution in [0.25, 0.3) is 11.1 Å². The monoisotopic (exact) mass is 316 g/mol. The molecule has 0 aliphatic rings. The van der Waals surface area contributed by atoms with Crippen molar-refractivity contribution in [1.82, 2.24) is 0 Å². The molecule has 1 heteroatoms. The van der Waals surface area contributed by atoms with Gasteiger partial charge in [0.15, 0.2) is 0 Å². The molecule has 0 aliphatic carbocycles. The Kier molecular flexibility index (Phi) is 5.68. The molecule has 0 atom stereocenters. The molecular formula is C23H24O. The molecule has 0 radical (unpaired) electrons. The molecule has 24 heavy (non-hydrogen) atoms. The molecule has 0 heterocycles. The predicted molar refractivity (Wildman–Crippen MR) is 102 cm³/mol. The fraction of sp³-hybridized carbons (Fsp3) is 0.217. The zero-order chi connectivity index (χ0) is 16.6. The number of ether oxygens (including phenoxy) is 1. The maximum atomic E-state index is 6.24. The number of para-hydroxylation sites is 1. The van der Waals surface area contributed by atoms with Crippen molar-refractivity contribution in [2.24, 2.45) is 0 Å². The van der Waals surface area contributed by atoms with E-state index < -0.39 is 0 Å². The highest BCUT2D eigenvalue weighted by atomic mass is 16.5. The van der Waals surface area contributed by atoms with Crippen LogP contribution < -0.4 is 4.74 Å². The normalized spacial score (nSPS) is 10.5. The molecule has 0 unspecified atom stereocenters. The molecule has 0 aromatic heterocycles. The van der Waals surface area contributed by atoms with Crippen LogP contribution in [0.2, 0.25) is 0 Å². The maximum absolute atomic E-state index is 6.24. The molecule has 3 rings (SSSR count). The van der Waals surface area contributed by atoms with E-state index in [1.165, 1.54) is 22.3 Å². The smallest absolute Gasteiger partial charge is 0.130 e. The van der Waals surface area contributed by atoms with Crippen LogP contribution in [-0.4, -0.2) is 6.61 Å². The van der Waals surface area contributed by atoms with E-state index in [1.54, 1.807) is 0 Å². The summed E-state index contributed by atoms with van der Waals surface area (Å²) in [6.45, 7) is 2.96. The molecule has 0 N–H and O–H groups in total. The first kappa shape index (κ1) is 16.3. The topological polar surface area (TPSA) is 9.23 Å². The van der Waals surface area contributed by atoms with Gasteiger partial charge in [0.05, 0.1) is 6.61 Å². The van der Waals surface area contributed by atoms with E-state index >= 15 is 0 Å². The van der Waals surface area contributed by atoms with E-state index in [-0.39, 0.29) is 0 Å². The maximum Gasteiger partial charge on any atom is 0.130 e. The highest BCUT2D eigenvalue weighted by Gasteiger charge is 2.12. The summed E-state index contributed by atoms with van der Waals surface area (Å²) in [6, 6.07) is 27.6. The Morgan fingerprint density at radius 1 is 0.750 bits per heavy atom. The average molecular weight is 316 g/mol. The number of hydrogen-bond acceptors (Lipinski definition) is 1. The Labute approximate surface area is 144 Å². The zero-order valence-electron chi connectivity index (χ0n) is 14.2. The second-order valence-corrected chi connectivity index (χ2v) is 6.02. The standard InChI is InChI=1S/C23H24O/c1-2-3-17-24-23-21(18-19-11-6-4-7-12-19)15-10-16-22(23)20-13-8-5-9-14-20/h4-16H,2-3,17-18H2,1H3. The van der Waals surface area contributed by atoms with Gasteiger partial charge in [0.25, 0.3) is 0 Å². The van der Waals surface area contributed by atoms with Gasteiger partial charge in [-0.2, -0.15) is 0 Å². The quantitative estimate of drug-likeness (QED) is 0.477. The molecule has 0 aliphatic heterocycles. The van der Waals surface area contributed by atoms with Crippen LogP contribution in [0.15, 0.2) is 78.9 Å². The third-order valence-corrected chi connectivity index (χ3v) is 4.16. The summed E-state index contributed by atoms with van der Waals surface area (Å²) in [7, 11) is 0. The van der Waals surface area contributed by atoms with Crippen LogP contribution in [0.1, 0.15) is 30.9 Å². The first-order valence-electron chi connectivity index (χ1n) is 8.72. The summed E-state index contributed by atoms with van der Waals surface area (Å²) in [5.74, 6) is 1.03. The van der Waals surface area contributed by atoms with E-state index in [9.17, 15) is 0 Å². The second kappa shape index (κ2) is 8.35. The molecule has 0 fully saturated rings. The van der Waals surface area contributed by atoms with E-state index in [2.05, 4.69) is 85.8 Å². The van der Waals surface area contributed by atoms with Crippen molar-refractivity contribution in [3.8, 4) is 16.9 Å². The van der Waals surface area contributed by atoms with Gasteiger partial charge in [-0.15, -0.1) is 0 Å². The highest BCUT2D eigenvalue weighted by molar-refractivity contribution is 5.72. The van der Waals surface area contributed by atoms with Crippen LogP contribution in [0.3, 0.4) is 0 Å². The van der Waals surface area contributed by atoms with Gasteiger partial charge in [0.1, 0.15) is 5.75 Å². The molecule has 0 saturated heterocycles. The van der Waals surface area contributed by atoms with Crippen molar-refractivity contribution in [2.75, 3.05) is 6.61 Å². The van der Waals surface area contributed by atoms with Crippen LogP contribution in [-0.2, 0) is 6.42 Å². The van der Waals surface area contributed by atoms with Crippen LogP contribution >= 0.6 is 0 Å². The Balaban J connectivity index is 1.97. The van der Waals surface area contributed by atoms with Crippen molar-refractivity contribution in [3.05, 3.63) is 90.0 Å². The van der Waals surface area contributed by atoms with Gasteiger partial charge in [-0.05, 0) is 23.1 Å². The third kappa shape index (κ3) is 4.05. The number of rotatable bonds is 7. The van der Waals surface area contributed by atoms with E-state index in [1.807, 2.05) is 0 Å². The van der Waals surface area contributed by atoms with Crippen molar-refractivity contribution in [2.45, 2.75) is 26.2 Å². The lowest BCUT2D eigenvalue weighted by Gasteiger charge is -2.16. The number of unbranched alkanes of at least 4 members (excludes halogenated alkanes) is 1. The molecule has 1 nitrogen and oxygen atoms in total. The second-order valence-electron chi connectivity index (χ2n) is 6.02. The van der Waals surface area contributed by atoms with Crippen molar-refractivity contribution in [3.63, 3.8) is 0 Å². The van der Waals surface area contributed by atoms with Crippen LogP contribution in [0, 0.1) is 0 Å². The predicted octanol–water partition coefficient (Wildman–Crippen LogP) is 6.12. The Bertz CT molecular complexity index is 748. The van der Waals surface area contributed by atoms with E-state index in [0.717, 1.165) is 31.6 Å².